The Morgan fingerprint density at radius 3 is 2.57 bits per heavy atom. The van der Waals surface area contributed by atoms with Crippen molar-refractivity contribution in [3.63, 3.8) is 0 Å². The van der Waals surface area contributed by atoms with Crippen molar-refractivity contribution >= 4 is 17.5 Å². The third kappa shape index (κ3) is 4.30. The van der Waals surface area contributed by atoms with E-state index in [1.165, 1.54) is 0 Å². The first kappa shape index (κ1) is 14.5. The van der Waals surface area contributed by atoms with Gasteiger partial charge in [-0.3, -0.25) is 14.3 Å². The molecule has 0 radical (unpaired) electrons. The molecule has 1 aromatic heterocycles. The molecule has 0 spiro atoms. The van der Waals surface area contributed by atoms with Gasteiger partial charge in [-0.25, -0.2) is 4.98 Å². The number of carbonyl (C=O) groups is 2. The van der Waals surface area contributed by atoms with Crippen LogP contribution >= 0.6 is 0 Å². The Kier molecular flexibility index (Phi) is 4.50. The lowest BCUT2D eigenvalue weighted by Crippen LogP contribution is -2.36. The summed E-state index contributed by atoms with van der Waals surface area (Å²) in [4.78, 5) is 27.4. The van der Waals surface area contributed by atoms with Gasteiger partial charge in [0.2, 0.25) is 5.91 Å². The molecule has 0 aliphatic carbocycles. The molecule has 0 unspecified atom stereocenters. The number of nitrogen functional groups attached to an aromatic ring is 1. The molecule has 0 saturated heterocycles. The van der Waals surface area contributed by atoms with Gasteiger partial charge in [0.25, 0.3) is 5.91 Å². The summed E-state index contributed by atoms with van der Waals surface area (Å²) in [6.07, 6.45) is 1.55. The Morgan fingerprint density at radius 2 is 1.95 bits per heavy atom. The molecule has 0 bridgehead atoms. The SMILES string of the molecule is Cn1cnc(CNC(=O)CNC(=O)c2ccc(N)cc2)n1. The van der Waals surface area contributed by atoms with Crippen LogP contribution in [0.5, 0.6) is 0 Å². The molecule has 0 aliphatic heterocycles. The van der Waals surface area contributed by atoms with Crippen molar-refractivity contribution < 1.29 is 9.59 Å². The summed E-state index contributed by atoms with van der Waals surface area (Å²) < 4.78 is 1.55. The second kappa shape index (κ2) is 6.51. The van der Waals surface area contributed by atoms with Crippen LogP contribution in [0, 0.1) is 0 Å². The van der Waals surface area contributed by atoms with Gasteiger partial charge in [-0.05, 0) is 24.3 Å². The lowest BCUT2D eigenvalue weighted by molar-refractivity contribution is -0.120. The van der Waals surface area contributed by atoms with Crippen LogP contribution in [0.3, 0.4) is 0 Å². The number of aromatic nitrogens is 3. The number of amides is 2. The van der Waals surface area contributed by atoms with Gasteiger partial charge < -0.3 is 16.4 Å². The second-order valence-electron chi connectivity index (χ2n) is 4.42. The second-order valence-corrected chi connectivity index (χ2v) is 4.42. The number of hydrogen-bond donors (Lipinski definition) is 3. The highest BCUT2D eigenvalue weighted by Crippen LogP contribution is 2.04. The minimum Gasteiger partial charge on any atom is -0.399 e. The van der Waals surface area contributed by atoms with Crippen molar-refractivity contribution in [2.75, 3.05) is 12.3 Å². The number of anilines is 1. The van der Waals surface area contributed by atoms with Crippen molar-refractivity contribution in [1.29, 1.82) is 0 Å². The maximum absolute atomic E-state index is 11.8. The minimum absolute atomic E-state index is 0.115. The molecule has 110 valence electrons. The highest BCUT2D eigenvalue weighted by molar-refractivity contribution is 5.96. The number of nitrogens with two attached hydrogens (primary N) is 1. The first-order valence-electron chi connectivity index (χ1n) is 6.29. The first-order valence-corrected chi connectivity index (χ1v) is 6.29. The number of benzene rings is 1. The zero-order valence-corrected chi connectivity index (χ0v) is 11.5. The standard InChI is InChI=1S/C13H16N6O2/c1-19-8-17-11(18-19)6-15-12(20)7-16-13(21)9-2-4-10(14)5-3-9/h2-5,8H,6-7,14H2,1H3,(H,15,20)(H,16,21). The lowest BCUT2D eigenvalue weighted by atomic mass is 10.2. The molecule has 21 heavy (non-hydrogen) atoms. The summed E-state index contributed by atoms with van der Waals surface area (Å²) in [7, 11) is 1.74. The van der Waals surface area contributed by atoms with Crippen molar-refractivity contribution in [2.24, 2.45) is 7.05 Å². The average molecular weight is 288 g/mol. The molecule has 0 aliphatic rings. The van der Waals surface area contributed by atoms with E-state index in [4.69, 9.17) is 5.73 Å². The Labute approximate surface area is 121 Å². The van der Waals surface area contributed by atoms with Crippen molar-refractivity contribution in [3.8, 4) is 0 Å². The highest BCUT2D eigenvalue weighted by atomic mass is 16.2. The van der Waals surface area contributed by atoms with Crippen molar-refractivity contribution in [1.82, 2.24) is 25.4 Å². The van der Waals surface area contributed by atoms with Crippen LogP contribution in [0.4, 0.5) is 5.69 Å². The minimum atomic E-state index is -0.332. The highest BCUT2D eigenvalue weighted by Gasteiger charge is 2.08. The summed E-state index contributed by atoms with van der Waals surface area (Å²) in [6, 6.07) is 6.45. The van der Waals surface area contributed by atoms with Gasteiger partial charge in [-0.1, -0.05) is 0 Å². The molecular formula is C13H16N6O2. The van der Waals surface area contributed by atoms with Gasteiger partial charge in [0.15, 0.2) is 5.82 Å². The summed E-state index contributed by atoms with van der Waals surface area (Å²) >= 11 is 0. The van der Waals surface area contributed by atoms with Crippen molar-refractivity contribution in [2.45, 2.75) is 6.54 Å². The van der Waals surface area contributed by atoms with E-state index >= 15 is 0 Å². The molecule has 8 nitrogen and oxygen atoms in total. The van der Waals surface area contributed by atoms with E-state index in [2.05, 4.69) is 20.7 Å². The Morgan fingerprint density at radius 1 is 1.24 bits per heavy atom. The smallest absolute Gasteiger partial charge is 0.251 e. The van der Waals surface area contributed by atoms with E-state index in [0.29, 0.717) is 17.1 Å². The number of rotatable bonds is 5. The maximum Gasteiger partial charge on any atom is 0.251 e. The predicted molar refractivity (Wildman–Crippen MR) is 76.0 cm³/mol. The number of aryl methyl sites for hydroxylation is 1. The average Bonchev–Trinajstić information content (AvgIpc) is 2.89. The van der Waals surface area contributed by atoms with Crippen molar-refractivity contribution in [3.05, 3.63) is 42.0 Å². The van der Waals surface area contributed by atoms with Crippen LogP contribution in [-0.4, -0.2) is 33.1 Å². The fourth-order valence-corrected chi connectivity index (χ4v) is 1.60. The fourth-order valence-electron chi connectivity index (χ4n) is 1.60. The van der Waals surface area contributed by atoms with E-state index in [-0.39, 0.29) is 24.9 Å². The van der Waals surface area contributed by atoms with E-state index in [1.54, 1.807) is 42.3 Å². The van der Waals surface area contributed by atoms with Crippen LogP contribution in [0.1, 0.15) is 16.2 Å². The van der Waals surface area contributed by atoms with Gasteiger partial charge in [0, 0.05) is 18.3 Å². The number of nitrogens with zero attached hydrogens (tertiary/aromatic N) is 3. The van der Waals surface area contributed by atoms with E-state index in [1.807, 2.05) is 0 Å². The largest absolute Gasteiger partial charge is 0.399 e. The predicted octanol–water partition coefficient (Wildman–Crippen LogP) is -0.556. The zero-order valence-electron chi connectivity index (χ0n) is 11.5. The molecule has 8 heteroatoms. The molecule has 0 atom stereocenters. The molecular weight excluding hydrogens is 272 g/mol. The Balaban J connectivity index is 1.75. The number of carbonyl (C=O) groups excluding carboxylic acids is 2. The topological polar surface area (TPSA) is 115 Å². The lowest BCUT2D eigenvalue weighted by Gasteiger charge is -2.06. The summed E-state index contributed by atoms with van der Waals surface area (Å²) in [5.41, 5.74) is 6.56. The molecule has 4 N–H and O–H groups in total. The maximum atomic E-state index is 11.8. The molecule has 1 aromatic carbocycles. The number of hydrogen-bond acceptors (Lipinski definition) is 5. The van der Waals surface area contributed by atoms with Crippen LogP contribution in [0.15, 0.2) is 30.6 Å². The Bertz CT molecular complexity index is 634. The van der Waals surface area contributed by atoms with Gasteiger partial charge >= 0.3 is 0 Å². The quantitative estimate of drug-likeness (QED) is 0.638. The molecule has 2 rings (SSSR count). The first-order chi connectivity index (χ1) is 10.0. The third-order valence-electron chi connectivity index (χ3n) is 2.67. The van der Waals surface area contributed by atoms with Gasteiger partial charge in [0.05, 0.1) is 13.1 Å². The van der Waals surface area contributed by atoms with Crippen LogP contribution in [0.2, 0.25) is 0 Å². The summed E-state index contributed by atoms with van der Waals surface area (Å²) in [5.74, 6) is -0.136. The molecule has 2 amide bonds. The zero-order chi connectivity index (χ0) is 15.2. The van der Waals surface area contributed by atoms with Gasteiger partial charge in [0.1, 0.15) is 6.33 Å². The molecule has 0 saturated carbocycles. The normalized spacial score (nSPS) is 10.1. The van der Waals surface area contributed by atoms with E-state index < -0.39 is 0 Å². The van der Waals surface area contributed by atoms with Crippen LogP contribution < -0.4 is 16.4 Å². The Hall–Kier alpha value is -2.90. The molecule has 2 aromatic rings. The fraction of sp³-hybridized carbons (Fsp3) is 0.231. The summed E-state index contributed by atoms with van der Waals surface area (Å²) in [5, 5.41) is 9.16. The molecule has 1 heterocycles. The van der Waals surface area contributed by atoms with Gasteiger partial charge in [-0.15, -0.1) is 0 Å². The number of nitrogens with one attached hydrogen (secondary N) is 2. The van der Waals surface area contributed by atoms with Crippen LogP contribution in [0.25, 0.3) is 0 Å². The van der Waals surface area contributed by atoms with Crippen LogP contribution in [-0.2, 0) is 18.4 Å². The van der Waals surface area contributed by atoms with E-state index in [0.717, 1.165) is 0 Å². The molecule has 0 fully saturated rings. The van der Waals surface area contributed by atoms with E-state index in [9.17, 15) is 9.59 Å². The monoisotopic (exact) mass is 288 g/mol. The third-order valence-corrected chi connectivity index (χ3v) is 2.67. The summed E-state index contributed by atoms with van der Waals surface area (Å²) in [6.45, 7) is 0.105. The van der Waals surface area contributed by atoms with Gasteiger partial charge in [-0.2, -0.15) is 5.10 Å².